The highest BCUT2D eigenvalue weighted by Gasteiger charge is 2.60. The maximum absolute atomic E-state index is 9.33. The summed E-state index contributed by atoms with van der Waals surface area (Å²) in [5, 5.41) is 27.8. The predicted molar refractivity (Wildman–Crippen MR) is 55.0 cm³/mol. The summed E-state index contributed by atoms with van der Waals surface area (Å²) in [6, 6.07) is 6.38. The zero-order valence-corrected chi connectivity index (χ0v) is 9.46. The SMILES string of the molecule is CC1(C)CCCC(C#N)(C#N)C1(C)C#N. The van der Waals surface area contributed by atoms with Gasteiger partial charge in [0.1, 0.15) is 0 Å². The molecule has 1 unspecified atom stereocenters. The Morgan fingerprint density at radius 2 is 1.40 bits per heavy atom. The number of hydrogen-bond donors (Lipinski definition) is 0. The molecule has 0 aromatic heterocycles. The van der Waals surface area contributed by atoms with Gasteiger partial charge in [-0.25, -0.2) is 0 Å². The van der Waals surface area contributed by atoms with Gasteiger partial charge in [-0.15, -0.1) is 0 Å². The molecule has 0 heterocycles. The molecule has 1 aliphatic carbocycles. The van der Waals surface area contributed by atoms with Crippen LogP contribution in [-0.4, -0.2) is 0 Å². The number of nitrogens with zero attached hydrogens (tertiary/aromatic N) is 3. The van der Waals surface area contributed by atoms with Crippen LogP contribution >= 0.6 is 0 Å². The van der Waals surface area contributed by atoms with Gasteiger partial charge in [-0.1, -0.05) is 20.3 Å². The fraction of sp³-hybridized carbons (Fsp3) is 0.750. The summed E-state index contributed by atoms with van der Waals surface area (Å²) in [5.74, 6) is 0. The van der Waals surface area contributed by atoms with Crippen LogP contribution in [0.1, 0.15) is 40.0 Å². The molecular weight excluding hydrogens is 186 g/mol. The van der Waals surface area contributed by atoms with Gasteiger partial charge in [0.05, 0.1) is 23.6 Å². The van der Waals surface area contributed by atoms with E-state index in [-0.39, 0.29) is 5.41 Å². The maximum Gasteiger partial charge on any atom is 0.162 e. The topological polar surface area (TPSA) is 71.4 Å². The summed E-state index contributed by atoms with van der Waals surface area (Å²) >= 11 is 0. The van der Waals surface area contributed by atoms with E-state index in [0.717, 1.165) is 12.8 Å². The van der Waals surface area contributed by atoms with Crippen molar-refractivity contribution in [2.24, 2.45) is 16.2 Å². The van der Waals surface area contributed by atoms with Gasteiger partial charge in [0.15, 0.2) is 5.41 Å². The molecule has 0 aromatic carbocycles. The lowest BCUT2D eigenvalue weighted by Crippen LogP contribution is -2.50. The third-order valence-corrected chi connectivity index (χ3v) is 4.17. The van der Waals surface area contributed by atoms with E-state index in [1.165, 1.54) is 0 Å². The molecule has 0 spiro atoms. The van der Waals surface area contributed by atoms with Gasteiger partial charge in [0.25, 0.3) is 0 Å². The minimum Gasteiger partial charge on any atom is -0.198 e. The van der Waals surface area contributed by atoms with Crippen LogP contribution in [0.2, 0.25) is 0 Å². The van der Waals surface area contributed by atoms with Gasteiger partial charge in [0, 0.05) is 0 Å². The fourth-order valence-corrected chi connectivity index (χ4v) is 2.48. The quantitative estimate of drug-likeness (QED) is 0.605. The fourth-order valence-electron chi connectivity index (χ4n) is 2.48. The molecule has 1 rings (SSSR count). The average Bonchev–Trinajstić information content (AvgIpc) is 2.22. The van der Waals surface area contributed by atoms with Gasteiger partial charge in [-0.05, 0) is 25.2 Å². The number of hydrogen-bond acceptors (Lipinski definition) is 3. The molecule has 78 valence electrons. The largest absolute Gasteiger partial charge is 0.198 e. The molecule has 1 atom stereocenters. The lowest BCUT2D eigenvalue weighted by molar-refractivity contribution is 0.0131. The molecule has 0 N–H and O–H groups in total. The van der Waals surface area contributed by atoms with E-state index < -0.39 is 10.8 Å². The third-order valence-electron chi connectivity index (χ3n) is 4.17. The van der Waals surface area contributed by atoms with Crippen LogP contribution in [-0.2, 0) is 0 Å². The van der Waals surface area contributed by atoms with Crippen LogP contribution in [0, 0.1) is 50.2 Å². The Labute approximate surface area is 90.9 Å². The lowest BCUT2D eigenvalue weighted by Gasteiger charge is -2.49. The van der Waals surface area contributed by atoms with Crippen LogP contribution in [0.4, 0.5) is 0 Å². The van der Waals surface area contributed by atoms with E-state index in [1.54, 1.807) is 6.92 Å². The second kappa shape index (κ2) is 3.25. The summed E-state index contributed by atoms with van der Waals surface area (Å²) in [7, 11) is 0. The average molecular weight is 201 g/mol. The van der Waals surface area contributed by atoms with Gasteiger partial charge < -0.3 is 0 Å². The molecule has 3 nitrogen and oxygen atoms in total. The smallest absolute Gasteiger partial charge is 0.162 e. The lowest BCUT2D eigenvalue weighted by atomic mass is 9.48. The molecule has 0 saturated heterocycles. The first-order valence-corrected chi connectivity index (χ1v) is 5.13. The molecule has 1 saturated carbocycles. The summed E-state index contributed by atoms with van der Waals surface area (Å²) < 4.78 is 0. The Morgan fingerprint density at radius 3 is 1.73 bits per heavy atom. The Balaban J connectivity index is 3.40. The molecule has 0 amide bonds. The molecule has 0 aliphatic heterocycles. The second-order valence-electron chi connectivity index (χ2n) is 5.10. The van der Waals surface area contributed by atoms with E-state index >= 15 is 0 Å². The Bertz CT molecular complexity index is 375. The molecule has 0 aromatic rings. The van der Waals surface area contributed by atoms with E-state index in [1.807, 2.05) is 13.8 Å². The van der Waals surface area contributed by atoms with Crippen molar-refractivity contribution in [1.82, 2.24) is 0 Å². The van der Waals surface area contributed by atoms with Crippen molar-refractivity contribution in [2.45, 2.75) is 40.0 Å². The zero-order chi connectivity index (χ0) is 11.7. The minimum atomic E-state index is -1.15. The highest BCUT2D eigenvalue weighted by molar-refractivity contribution is 5.30. The molecule has 1 aliphatic rings. The van der Waals surface area contributed by atoms with Crippen LogP contribution in [0.3, 0.4) is 0 Å². The molecule has 0 bridgehead atoms. The van der Waals surface area contributed by atoms with E-state index in [2.05, 4.69) is 18.2 Å². The van der Waals surface area contributed by atoms with E-state index in [9.17, 15) is 15.8 Å². The predicted octanol–water partition coefficient (Wildman–Crippen LogP) is 2.76. The number of nitriles is 3. The first kappa shape index (κ1) is 11.5. The van der Waals surface area contributed by atoms with Crippen molar-refractivity contribution >= 4 is 0 Å². The summed E-state index contributed by atoms with van der Waals surface area (Å²) in [6.07, 6.45) is 2.24. The van der Waals surface area contributed by atoms with Crippen molar-refractivity contribution in [3.63, 3.8) is 0 Å². The van der Waals surface area contributed by atoms with Crippen molar-refractivity contribution < 1.29 is 0 Å². The van der Waals surface area contributed by atoms with Crippen molar-refractivity contribution in [2.75, 3.05) is 0 Å². The van der Waals surface area contributed by atoms with Crippen LogP contribution in [0.5, 0.6) is 0 Å². The first-order valence-electron chi connectivity index (χ1n) is 5.13. The third kappa shape index (κ3) is 1.22. The van der Waals surface area contributed by atoms with Crippen LogP contribution < -0.4 is 0 Å². The van der Waals surface area contributed by atoms with Crippen LogP contribution in [0.25, 0.3) is 0 Å². The molecule has 0 radical (unpaired) electrons. The summed E-state index contributed by atoms with van der Waals surface area (Å²) in [5.41, 5.74) is -2.32. The number of rotatable bonds is 0. The highest BCUT2D eigenvalue weighted by Crippen LogP contribution is 2.59. The molecule has 15 heavy (non-hydrogen) atoms. The monoisotopic (exact) mass is 201 g/mol. The zero-order valence-electron chi connectivity index (χ0n) is 9.46. The first-order chi connectivity index (χ1) is 6.89. The highest BCUT2D eigenvalue weighted by atomic mass is 14.6. The van der Waals surface area contributed by atoms with Gasteiger partial charge >= 0.3 is 0 Å². The minimum absolute atomic E-state index is 0.286. The van der Waals surface area contributed by atoms with Crippen LogP contribution in [0.15, 0.2) is 0 Å². The normalized spacial score (nSPS) is 32.0. The maximum atomic E-state index is 9.33. The van der Waals surface area contributed by atoms with Gasteiger partial charge in [-0.2, -0.15) is 15.8 Å². The van der Waals surface area contributed by atoms with Crippen molar-refractivity contribution in [3.8, 4) is 18.2 Å². The van der Waals surface area contributed by atoms with Crippen molar-refractivity contribution in [3.05, 3.63) is 0 Å². The van der Waals surface area contributed by atoms with Gasteiger partial charge in [0.2, 0.25) is 0 Å². The Kier molecular flexibility index (Phi) is 2.50. The Morgan fingerprint density at radius 1 is 0.867 bits per heavy atom. The standard InChI is InChI=1S/C12H15N3/c1-10(2)5-4-6-12(8-14,9-15)11(10,3)7-13/h4-6H2,1-3H3. The molecule has 3 heteroatoms. The van der Waals surface area contributed by atoms with E-state index in [4.69, 9.17) is 0 Å². The molecule has 1 fully saturated rings. The van der Waals surface area contributed by atoms with E-state index in [0.29, 0.717) is 6.42 Å². The van der Waals surface area contributed by atoms with Crippen molar-refractivity contribution in [1.29, 1.82) is 15.8 Å². The van der Waals surface area contributed by atoms with Gasteiger partial charge in [-0.3, -0.25) is 0 Å². The Hall–Kier alpha value is -1.53. The summed E-state index contributed by atoms with van der Waals surface area (Å²) in [6.45, 7) is 5.69. The molecular formula is C12H15N3. The second-order valence-corrected chi connectivity index (χ2v) is 5.10. The summed E-state index contributed by atoms with van der Waals surface area (Å²) in [4.78, 5) is 0.